The van der Waals surface area contributed by atoms with Crippen LogP contribution in [0.25, 0.3) is 11.5 Å². The quantitative estimate of drug-likeness (QED) is 0.803. The van der Waals surface area contributed by atoms with Gasteiger partial charge in [-0.1, -0.05) is 0 Å². The second kappa shape index (κ2) is 3.91. The molecule has 2 aromatic rings. The maximum Gasteiger partial charge on any atom is 0.153 e. The van der Waals surface area contributed by atoms with Gasteiger partial charge in [-0.05, 0) is 19.1 Å². The van der Waals surface area contributed by atoms with Crippen LogP contribution < -0.4 is 5.32 Å². The molecule has 0 spiro atoms. The van der Waals surface area contributed by atoms with E-state index in [1.807, 2.05) is 19.1 Å². The molecule has 14 heavy (non-hydrogen) atoms. The Bertz CT molecular complexity index is 398. The molecule has 0 saturated heterocycles. The van der Waals surface area contributed by atoms with Gasteiger partial charge in [0.2, 0.25) is 0 Å². The largest absolute Gasteiger partial charge is 0.463 e. The standard InChI is InChI=1S/C10H11N3O/c1-2-12-10-7-11-6-8(13-10)9-4-3-5-14-9/h3-7H,2H2,1H3,(H,12,13). The zero-order chi connectivity index (χ0) is 9.80. The average molecular weight is 189 g/mol. The van der Waals surface area contributed by atoms with E-state index in [4.69, 9.17) is 4.42 Å². The summed E-state index contributed by atoms with van der Waals surface area (Å²) in [5.74, 6) is 1.50. The lowest BCUT2D eigenvalue weighted by Crippen LogP contribution is -2.00. The van der Waals surface area contributed by atoms with E-state index in [2.05, 4.69) is 15.3 Å². The Morgan fingerprint density at radius 1 is 1.43 bits per heavy atom. The molecule has 2 aromatic heterocycles. The molecule has 0 saturated carbocycles. The Balaban J connectivity index is 2.31. The Labute approximate surface area is 82.0 Å². The van der Waals surface area contributed by atoms with Crippen LogP contribution in [0.1, 0.15) is 6.92 Å². The second-order valence-corrected chi connectivity index (χ2v) is 2.80. The van der Waals surface area contributed by atoms with Crippen molar-refractivity contribution in [3.05, 3.63) is 30.8 Å². The molecule has 1 N–H and O–H groups in total. The highest BCUT2D eigenvalue weighted by atomic mass is 16.3. The number of anilines is 1. The molecule has 0 amide bonds. The molecule has 0 unspecified atom stereocenters. The van der Waals surface area contributed by atoms with Gasteiger partial charge in [-0.25, -0.2) is 4.98 Å². The number of nitrogens with one attached hydrogen (secondary N) is 1. The number of aromatic nitrogens is 2. The van der Waals surface area contributed by atoms with Crippen LogP contribution >= 0.6 is 0 Å². The van der Waals surface area contributed by atoms with E-state index in [1.54, 1.807) is 18.7 Å². The van der Waals surface area contributed by atoms with E-state index >= 15 is 0 Å². The first-order valence-electron chi connectivity index (χ1n) is 4.50. The van der Waals surface area contributed by atoms with Gasteiger partial charge in [0.05, 0.1) is 18.7 Å². The van der Waals surface area contributed by atoms with Gasteiger partial charge in [-0.2, -0.15) is 0 Å². The zero-order valence-corrected chi connectivity index (χ0v) is 7.90. The predicted molar refractivity (Wildman–Crippen MR) is 53.9 cm³/mol. The van der Waals surface area contributed by atoms with Crippen LogP contribution in [0.3, 0.4) is 0 Å². The second-order valence-electron chi connectivity index (χ2n) is 2.80. The number of nitrogens with zero attached hydrogens (tertiary/aromatic N) is 2. The summed E-state index contributed by atoms with van der Waals surface area (Å²) in [4.78, 5) is 8.41. The zero-order valence-electron chi connectivity index (χ0n) is 7.90. The lowest BCUT2D eigenvalue weighted by molar-refractivity contribution is 0.579. The van der Waals surface area contributed by atoms with Crippen LogP contribution in [0.15, 0.2) is 35.2 Å². The van der Waals surface area contributed by atoms with Crippen LogP contribution in [0.2, 0.25) is 0 Å². The minimum atomic E-state index is 0.734. The first-order valence-corrected chi connectivity index (χ1v) is 4.50. The summed E-state index contributed by atoms with van der Waals surface area (Å²) in [6.45, 7) is 2.84. The Hall–Kier alpha value is -1.84. The van der Waals surface area contributed by atoms with Crippen molar-refractivity contribution < 1.29 is 4.42 Å². The van der Waals surface area contributed by atoms with Crippen LogP contribution in [0.4, 0.5) is 5.82 Å². The van der Waals surface area contributed by atoms with Gasteiger partial charge in [0.1, 0.15) is 11.5 Å². The van der Waals surface area contributed by atoms with Crippen molar-refractivity contribution in [3.63, 3.8) is 0 Å². The Morgan fingerprint density at radius 2 is 2.36 bits per heavy atom. The van der Waals surface area contributed by atoms with E-state index in [-0.39, 0.29) is 0 Å². The number of hydrogen-bond donors (Lipinski definition) is 1. The van der Waals surface area contributed by atoms with Crippen molar-refractivity contribution in [1.82, 2.24) is 9.97 Å². The minimum absolute atomic E-state index is 0.734. The maximum absolute atomic E-state index is 5.22. The molecule has 72 valence electrons. The van der Waals surface area contributed by atoms with E-state index in [1.165, 1.54) is 0 Å². The summed E-state index contributed by atoms with van der Waals surface area (Å²) in [6.07, 6.45) is 4.99. The van der Waals surface area contributed by atoms with Crippen LogP contribution in [-0.4, -0.2) is 16.5 Å². The molecule has 0 atom stereocenters. The van der Waals surface area contributed by atoms with Crippen molar-refractivity contribution in [2.24, 2.45) is 0 Å². The molecule has 0 aromatic carbocycles. The summed E-state index contributed by atoms with van der Waals surface area (Å²) >= 11 is 0. The van der Waals surface area contributed by atoms with Crippen LogP contribution in [-0.2, 0) is 0 Å². The summed E-state index contributed by atoms with van der Waals surface area (Å²) < 4.78 is 5.22. The molecule has 4 heteroatoms. The number of furan rings is 1. The summed E-state index contributed by atoms with van der Waals surface area (Å²) in [7, 11) is 0. The van der Waals surface area contributed by atoms with E-state index in [0.29, 0.717) is 0 Å². The van der Waals surface area contributed by atoms with Gasteiger partial charge in [0.15, 0.2) is 5.76 Å². The van der Waals surface area contributed by atoms with E-state index < -0.39 is 0 Å². The van der Waals surface area contributed by atoms with Gasteiger partial charge >= 0.3 is 0 Å². The van der Waals surface area contributed by atoms with Crippen molar-refractivity contribution in [3.8, 4) is 11.5 Å². The molecular formula is C10H11N3O. The van der Waals surface area contributed by atoms with Gasteiger partial charge < -0.3 is 9.73 Å². The van der Waals surface area contributed by atoms with Crippen LogP contribution in [0, 0.1) is 0 Å². The number of hydrogen-bond acceptors (Lipinski definition) is 4. The maximum atomic E-state index is 5.22. The van der Waals surface area contributed by atoms with Crippen molar-refractivity contribution in [2.45, 2.75) is 6.92 Å². The van der Waals surface area contributed by atoms with Crippen molar-refractivity contribution >= 4 is 5.82 Å². The third-order valence-corrected chi connectivity index (χ3v) is 1.77. The molecule has 0 aliphatic rings. The predicted octanol–water partition coefficient (Wildman–Crippen LogP) is 2.17. The SMILES string of the molecule is CCNc1cncc(-c2ccco2)n1. The molecule has 4 nitrogen and oxygen atoms in total. The highest BCUT2D eigenvalue weighted by Gasteiger charge is 2.02. The van der Waals surface area contributed by atoms with Gasteiger partial charge in [0, 0.05) is 6.54 Å². The summed E-state index contributed by atoms with van der Waals surface area (Å²) in [6, 6.07) is 3.69. The highest BCUT2D eigenvalue weighted by molar-refractivity contribution is 5.53. The van der Waals surface area contributed by atoms with Crippen molar-refractivity contribution in [1.29, 1.82) is 0 Å². The molecule has 0 aliphatic carbocycles. The topological polar surface area (TPSA) is 51.0 Å². The van der Waals surface area contributed by atoms with Gasteiger partial charge in [0.25, 0.3) is 0 Å². The lowest BCUT2D eigenvalue weighted by Gasteiger charge is -2.02. The summed E-state index contributed by atoms with van der Waals surface area (Å²) in [5, 5.41) is 3.09. The Kier molecular flexibility index (Phi) is 2.44. The fourth-order valence-corrected chi connectivity index (χ4v) is 1.18. The van der Waals surface area contributed by atoms with E-state index in [9.17, 15) is 0 Å². The third-order valence-electron chi connectivity index (χ3n) is 1.77. The van der Waals surface area contributed by atoms with Gasteiger partial charge in [-0.3, -0.25) is 4.98 Å². The smallest absolute Gasteiger partial charge is 0.153 e. The fourth-order valence-electron chi connectivity index (χ4n) is 1.18. The monoisotopic (exact) mass is 189 g/mol. The minimum Gasteiger partial charge on any atom is -0.463 e. The Morgan fingerprint density at radius 3 is 3.07 bits per heavy atom. The highest BCUT2D eigenvalue weighted by Crippen LogP contribution is 2.17. The lowest BCUT2D eigenvalue weighted by atomic mass is 10.3. The van der Waals surface area contributed by atoms with Gasteiger partial charge in [-0.15, -0.1) is 0 Å². The average Bonchev–Trinajstić information content (AvgIpc) is 2.71. The molecule has 0 aliphatic heterocycles. The van der Waals surface area contributed by atoms with Crippen molar-refractivity contribution in [2.75, 3.05) is 11.9 Å². The number of rotatable bonds is 3. The first kappa shape index (κ1) is 8.74. The normalized spacial score (nSPS) is 10.1. The molecular weight excluding hydrogens is 178 g/mol. The van der Waals surface area contributed by atoms with E-state index in [0.717, 1.165) is 23.8 Å². The first-order chi connectivity index (χ1) is 6.90. The molecule has 2 heterocycles. The third kappa shape index (κ3) is 1.74. The fraction of sp³-hybridized carbons (Fsp3) is 0.200. The molecule has 0 bridgehead atoms. The molecule has 2 rings (SSSR count). The molecule has 0 radical (unpaired) electrons. The molecule has 0 fully saturated rings. The summed E-state index contributed by atoms with van der Waals surface area (Å²) in [5.41, 5.74) is 0.744. The van der Waals surface area contributed by atoms with Crippen LogP contribution in [0.5, 0.6) is 0 Å².